The van der Waals surface area contributed by atoms with Crippen molar-refractivity contribution >= 4 is 40.6 Å². The van der Waals surface area contributed by atoms with Crippen LogP contribution in [0, 0.1) is 0 Å². The van der Waals surface area contributed by atoms with Crippen molar-refractivity contribution in [2.45, 2.75) is 5.88 Å². The zero-order valence-electron chi connectivity index (χ0n) is 17.9. The first-order valence-corrected chi connectivity index (χ1v) is 11.5. The molecule has 33 heavy (non-hydrogen) atoms. The van der Waals surface area contributed by atoms with E-state index in [1.54, 1.807) is 36.5 Å². The van der Waals surface area contributed by atoms with E-state index in [1.807, 2.05) is 12.1 Å². The monoisotopic (exact) mass is 489 g/mol. The van der Waals surface area contributed by atoms with Gasteiger partial charge in [-0.15, -0.1) is 11.6 Å². The lowest BCUT2D eigenvalue weighted by molar-refractivity contribution is 0.0323. The third-order valence-corrected chi connectivity index (χ3v) is 5.74. The molecule has 0 radical (unpaired) electrons. The largest absolute Gasteiger partial charge is 0.492 e. The van der Waals surface area contributed by atoms with E-state index in [1.165, 1.54) is 0 Å². The molecule has 0 unspecified atom stereocenters. The molecule has 2 aromatic carbocycles. The number of morpholine rings is 1. The van der Waals surface area contributed by atoms with Crippen LogP contribution in [0.2, 0.25) is 5.02 Å². The molecule has 1 saturated heterocycles. The number of rotatable bonds is 8. The fourth-order valence-corrected chi connectivity index (χ4v) is 3.94. The molecule has 0 aliphatic carbocycles. The first kappa shape index (κ1) is 23.4. The second kappa shape index (κ2) is 11.4. The Balaban J connectivity index is 1.49. The van der Waals surface area contributed by atoms with Gasteiger partial charge in [-0.1, -0.05) is 17.7 Å². The highest BCUT2D eigenvalue weighted by Crippen LogP contribution is 2.34. The Bertz CT molecular complexity index is 1090. The van der Waals surface area contributed by atoms with Crippen LogP contribution < -0.4 is 15.4 Å². The molecule has 1 fully saturated rings. The van der Waals surface area contributed by atoms with Crippen molar-refractivity contribution in [3.05, 3.63) is 59.2 Å². The summed E-state index contributed by atoms with van der Waals surface area (Å²) in [6.45, 7) is 4.62. The van der Waals surface area contributed by atoms with Gasteiger partial charge in [-0.2, -0.15) is 5.10 Å². The van der Waals surface area contributed by atoms with Crippen LogP contribution in [0.15, 0.2) is 48.7 Å². The van der Waals surface area contributed by atoms with Gasteiger partial charge in [0.1, 0.15) is 12.4 Å². The zero-order valence-corrected chi connectivity index (χ0v) is 19.5. The summed E-state index contributed by atoms with van der Waals surface area (Å²) in [5.41, 5.74) is 3.56. The third kappa shape index (κ3) is 6.39. The Labute approximate surface area is 202 Å². The number of urea groups is 1. The molecule has 174 valence electrons. The summed E-state index contributed by atoms with van der Waals surface area (Å²) >= 11 is 12.1. The minimum absolute atomic E-state index is 0.298. The number of ether oxygens (including phenoxy) is 2. The van der Waals surface area contributed by atoms with Crippen LogP contribution in [0.5, 0.6) is 5.75 Å². The van der Waals surface area contributed by atoms with Crippen molar-refractivity contribution in [1.29, 1.82) is 0 Å². The average Bonchev–Trinajstić information content (AvgIpc) is 3.29. The van der Waals surface area contributed by atoms with Crippen molar-refractivity contribution in [3.8, 4) is 17.0 Å². The van der Waals surface area contributed by atoms with Crippen LogP contribution in [-0.2, 0) is 10.6 Å². The van der Waals surface area contributed by atoms with Crippen molar-refractivity contribution < 1.29 is 14.3 Å². The Hall–Kier alpha value is -2.78. The van der Waals surface area contributed by atoms with E-state index in [0.29, 0.717) is 34.6 Å². The summed E-state index contributed by atoms with van der Waals surface area (Å²) in [6.07, 6.45) is 1.69. The SMILES string of the molecule is O=C(Nc1cccc(Cl)c1)Nc1ccc(OCCN2CCOCC2)c(-c2[nH]ncc2CCl)c1. The fraction of sp³-hybridized carbons (Fsp3) is 0.304. The number of H-pyrrole nitrogens is 1. The molecule has 0 atom stereocenters. The van der Waals surface area contributed by atoms with Gasteiger partial charge < -0.3 is 20.1 Å². The number of nitrogens with one attached hydrogen (secondary N) is 3. The number of amides is 2. The number of carbonyl (C=O) groups excluding carboxylic acids is 1. The van der Waals surface area contributed by atoms with Gasteiger partial charge in [0.05, 0.1) is 31.0 Å². The predicted octanol–water partition coefficient (Wildman–Crippen LogP) is 4.82. The van der Waals surface area contributed by atoms with Crippen LogP contribution in [0.3, 0.4) is 0 Å². The highest BCUT2D eigenvalue weighted by atomic mass is 35.5. The number of hydrogen-bond donors (Lipinski definition) is 3. The van der Waals surface area contributed by atoms with E-state index < -0.39 is 0 Å². The number of hydrogen-bond acceptors (Lipinski definition) is 5. The topological polar surface area (TPSA) is 91.5 Å². The smallest absolute Gasteiger partial charge is 0.323 e. The maximum atomic E-state index is 12.5. The molecule has 2 amide bonds. The predicted molar refractivity (Wildman–Crippen MR) is 130 cm³/mol. The Morgan fingerprint density at radius 3 is 2.70 bits per heavy atom. The van der Waals surface area contributed by atoms with E-state index in [4.69, 9.17) is 32.7 Å². The summed E-state index contributed by atoms with van der Waals surface area (Å²) in [7, 11) is 0. The summed E-state index contributed by atoms with van der Waals surface area (Å²) in [5, 5.41) is 13.3. The van der Waals surface area contributed by atoms with Gasteiger partial charge >= 0.3 is 6.03 Å². The maximum absolute atomic E-state index is 12.5. The second-order valence-corrected chi connectivity index (χ2v) is 8.21. The first-order valence-electron chi connectivity index (χ1n) is 10.6. The van der Waals surface area contributed by atoms with Gasteiger partial charge in [0.25, 0.3) is 0 Å². The lowest BCUT2D eigenvalue weighted by Gasteiger charge is -2.26. The van der Waals surface area contributed by atoms with Crippen LogP contribution in [0.25, 0.3) is 11.3 Å². The van der Waals surface area contributed by atoms with Crippen molar-refractivity contribution in [3.63, 3.8) is 0 Å². The summed E-state index contributed by atoms with van der Waals surface area (Å²) < 4.78 is 11.5. The van der Waals surface area contributed by atoms with Crippen LogP contribution >= 0.6 is 23.2 Å². The third-order valence-electron chi connectivity index (χ3n) is 5.22. The molecule has 0 saturated carbocycles. The van der Waals surface area contributed by atoms with Crippen LogP contribution in [0.1, 0.15) is 5.56 Å². The van der Waals surface area contributed by atoms with E-state index in [9.17, 15) is 4.79 Å². The molecule has 1 aromatic heterocycles. The molecular weight excluding hydrogens is 465 g/mol. The molecule has 1 aliphatic heterocycles. The number of carbonyl (C=O) groups is 1. The molecule has 8 nitrogen and oxygen atoms in total. The normalized spacial score (nSPS) is 14.1. The van der Waals surface area contributed by atoms with E-state index in [0.717, 1.165) is 49.7 Å². The average molecular weight is 490 g/mol. The Kier molecular flexibility index (Phi) is 8.06. The highest BCUT2D eigenvalue weighted by Gasteiger charge is 2.16. The molecule has 2 heterocycles. The number of alkyl halides is 1. The van der Waals surface area contributed by atoms with Crippen LogP contribution in [0.4, 0.5) is 16.2 Å². The number of nitrogens with zero attached hydrogens (tertiary/aromatic N) is 2. The zero-order chi connectivity index (χ0) is 23.0. The molecular formula is C23H25Cl2N5O3. The van der Waals surface area contributed by atoms with E-state index >= 15 is 0 Å². The van der Waals surface area contributed by atoms with Crippen molar-refractivity contribution in [1.82, 2.24) is 15.1 Å². The summed E-state index contributed by atoms with van der Waals surface area (Å²) in [6, 6.07) is 12.0. The van der Waals surface area contributed by atoms with Gasteiger partial charge in [-0.3, -0.25) is 10.00 Å². The standard InChI is InChI=1S/C23H25Cl2N5O3/c24-14-16-15-26-29-22(16)20-13-19(28-23(31)27-18-3-1-2-17(25)12-18)4-5-21(20)33-11-8-30-6-9-32-10-7-30/h1-5,12-13,15H,6-11,14H2,(H,26,29)(H2,27,28,31). The lowest BCUT2D eigenvalue weighted by atomic mass is 10.1. The van der Waals surface area contributed by atoms with Crippen molar-refractivity contribution in [2.24, 2.45) is 0 Å². The van der Waals surface area contributed by atoms with Gasteiger partial charge in [0, 0.05) is 47.2 Å². The maximum Gasteiger partial charge on any atom is 0.323 e. The first-order chi connectivity index (χ1) is 16.1. The van der Waals surface area contributed by atoms with Crippen molar-refractivity contribution in [2.75, 3.05) is 50.1 Å². The molecule has 0 bridgehead atoms. The molecule has 3 N–H and O–H groups in total. The Morgan fingerprint density at radius 1 is 1.15 bits per heavy atom. The van der Waals surface area contributed by atoms with Gasteiger partial charge in [-0.25, -0.2) is 4.79 Å². The quantitative estimate of drug-likeness (QED) is 0.394. The second-order valence-electron chi connectivity index (χ2n) is 7.51. The van der Waals surface area contributed by atoms with Gasteiger partial charge in [0.15, 0.2) is 0 Å². The number of aromatic nitrogens is 2. The Morgan fingerprint density at radius 2 is 1.94 bits per heavy atom. The molecule has 10 heteroatoms. The highest BCUT2D eigenvalue weighted by molar-refractivity contribution is 6.30. The fourth-order valence-electron chi connectivity index (χ4n) is 3.54. The van der Waals surface area contributed by atoms with Gasteiger partial charge in [0.2, 0.25) is 0 Å². The molecule has 3 aromatic rings. The summed E-state index contributed by atoms with van der Waals surface area (Å²) in [4.78, 5) is 14.8. The molecule has 0 spiro atoms. The van der Waals surface area contributed by atoms with Crippen LogP contribution in [-0.4, -0.2) is 60.6 Å². The number of aromatic amines is 1. The lowest BCUT2D eigenvalue weighted by Crippen LogP contribution is -2.38. The molecule has 1 aliphatic rings. The number of anilines is 2. The van der Waals surface area contributed by atoms with E-state index in [-0.39, 0.29) is 6.03 Å². The number of halogens is 2. The summed E-state index contributed by atoms with van der Waals surface area (Å²) in [5.74, 6) is 0.978. The van der Waals surface area contributed by atoms with E-state index in [2.05, 4.69) is 25.7 Å². The minimum Gasteiger partial charge on any atom is -0.492 e. The molecule has 4 rings (SSSR count). The van der Waals surface area contributed by atoms with Gasteiger partial charge in [-0.05, 0) is 36.4 Å². The number of benzene rings is 2. The minimum atomic E-state index is -0.383.